The van der Waals surface area contributed by atoms with Crippen molar-refractivity contribution in [2.75, 3.05) is 0 Å². The summed E-state index contributed by atoms with van der Waals surface area (Å²) in [5.41, 5.74) is 2.06. The molecule has 4 rings (SSSR count). The third kappa shape index (κ3) is 5.79. The van der Waals surface area contributed by atoms with Gasteiger partial charge in [-0.15, -0.1) is 0 Å². The highest BCUT2D eigenvalue weighted by Crippen LogP contribution is 2.35. The van der Waals surface area contributed by atoms with Crippen molar-refractivity contribution in [2.45, 2.75) is 57.7 Å². The van der Waals surface area contributed by atoms with Crippen LogP contribution in [0.1, 0.15) is 56.5 Å². The summed E-state index contributed by atoms with van der Waals surface area (Å²) in [6, 6.07) is 10.7. The number of pyridine rings is 2. The van der Waals surface area contributed by atoms with Gasteiger partial charge in [0.2, 0.25) is 0 Å². The Kier molecular flexibility index (Phi) is 6.79. The normalized spacial score (nSPS) is 16.8. The molecule has 1 amide bonds. The maximum absolute atomic E-state index is 13.0. The minimum atomic E-state index is -0.184. The lowest BCUT2D eigenvalue weighted by Gasteiger charge is -2.46. The van der Waals surface area contributed by atoms with Crippen LogP contribution in [-0.4, -0.2) is 33.0 Å². The number of carbonyl (C=O) groups excluding carboxylic acids is 1. The van der Waals surface area contributed by atoms with E-state index in [1.54, 1.807) is 48.9 Å². The van der Waals surface area contributed by atoms with E-state index in [9.17, 15) is 10.1 Å². The van der Waals surface area contributed by atoms with Gasteiger partial charge in [-0.25, -0.2) is 0 Å². The first-order chi connectivity index (χ1) is 16.6. The number of piperidine rings is 1. The van der Waals surface area contributed by atoms with E-state index in [4.69, 9.17) is 16.3 Å². The van der Waals surface area contributed by atoms with Crippen LogP contribution < -0.4 is 15.4 Å². The number of hydrogen-bond acceptors (Lipinski definition) is 6. The molecular weight excluding hydrogens is 462 g/mol. The summed E-state index contributed by atoms with van der Waals surface area (Å²) < 4.78 is 5.96. The lowest BCUT2D eigenvalue weighted by atomic mass is 9.79. The minimum Gasteiger partial charge on any atom is -0.453 e. The predicted molar refractivity (Wildman–Crippen MR) is 135 cm³/mol. The van der Waals surface area contributed by atoms with Crippen LogP contribution in [0.2, 0.25) is 5.02 Å². The second-order valence-corrected chi connectivity index (χ2v) is 10.5. The van der Waals surface area contributed by atoms with Gasteiger partial charge in [-0.3, -0.25) is 14.8 Å². The molecule has 3 aromatic rings. The molecule has 0 saturated carbocycles. The van der Waals surface area contributed by atoms with Crippen molar-refractivity contribution >= 4 is 17.5 Å². The molecule has 8 heteroatoms. The number of carbonyl (C=O) groups is 1. The molecule has 0 spiro atoms. The Balaban J connectivity index is 1.53. The van der Waals surface area contributed by atoms with E-state index in [1.165, 1.54) is 6.20 Å². The summed E-state index contributed by atoms with van der Waals surface area (Å²) in [7, 11) is 0. The molecule has 0 bridgehead atoms. The fourth-order valence-electron chi connectivity index (χ4n) is 4.92. The Morgan fingerprint density at radius 2 is 1.77 bits per heavy atom. The maximum atomic E-state index is 13.0. The second-order valence-electron chi connectivity index (χ2n) is 10.1. The van der Waals surface area contributed by atoms with Crippen LogP contribution in [0.3, 0.4) is 0 Å². The SMILES string of the molecule is CC1(C)CC(NC(=O)c2ccc(Oc3cncc(-c4ccncc4)c3C#N)c(Cl)c2)CC(C)(C)N1. The Labute approximate surface area is 210 Å². The van der Waals surface area contributed by atoms with Crippen molar-refractivity contribution in [2.24, 2.45) is 0 Å². The molecule has 1 saturated heterocycles. The van der Waals surface area contributed by atoms with Gasteiger partial charge in [-0.05, 0) is 76.4 Å². The van der Waals surface area contributed by atoms with Crippen LogP contribution >= 0.6 is 11.6 Å². The molecule has 180 valence electrons. The highest BCUT2D eigenvalue weighted by molar-refractivity contribution is 6.32. The van der Waals surface area contributed by atoms with Crippen LogP contribution in [0.4, 0.5) is 0 Å². The van der Waals surface area contributed by atoms with Gasteiger partial charge >= 0.3 is 0 Å². The van der Waals surface area contributed by atoms with Gasteiger partial charge in [-0.1, -0.05) is 11.6 Å². The Hall–Kier alpha value is -3.47. The number of halogens is 1. The van der Waals surface area contributed by atoms with E-state index >= 15 is 0 Å². The molecule has 35 heavy (non-hydrogen) atoms. The average molecular weight is 490 g/mol. The predicted octanol–water partition coefficient (Wildman–Crippen LogP) is 5.50. The first-order valence-corrected chi connectivity index (χ1v) is 11.8. The number of rotatable bonds is 5. The molecule has 3 heterocycles. The van der Waals surface area contributed by atoms with Crippen molar-refractivity contribution < 1.29 is 9.53 Å². The van der Waals surface area contributed by atoms with Crippen molar-refractivity contribution in [3.8, 4) is 28.7 Å². The summed E-state index contributed by atoms with van der Waals surface area (Å²) in [5, 5.41) is 16.8. The molecule has 0 atom stereocenters. The van der Waals surface area contributed by atoms with E-state index in [-0.39, 0.29) is 33.8 Å². The standard InChI is InChI=1S/C27H28ClN5O2/c1-26(2)12-19(13-27(3,4)33-26)32-25(34)18-5-6-23(22(28)11-18)35-24-16-31-15-21(20(24)14-29)17-7-9-30-10-8-17/h5-11,15-16,19,33H,12-13H2,1-4H3,(H,32,34). The van der Waals surface area contributed by atoms with Gasteiger partial charge in [-0.2, -0.15) is 5.26 Å². The summed E-state index contributed by atoms with van der Waals surface area (Å²) in [5.74, 6) is 0.425. The molecule has 1 aliphatic rings. The number of benzene rings is 1. The molecule has 0 unspecified atom stereocenters. The van der Waals surface area contributed by atoms with E-state index in [0.717, 1.165) is 18.4 Å². The first kappa shape index (κ1) is 24.6. The number of nitriles is 1. The molecule has 0 aliphatic carbocycles. The van der Waals surface area contributed by atoms with Crippen LogP contribution in [0.15, 0.2) is 55.1 Å². The van der Waals surface area contributed by atoms with Crippen LogP contribution in [0.25, 0.3) is 11.1 Å². The number of ether oxygens (including phenoxy) is 1. The smallest absolute Gasteiger partial charge is 0.251 e. The quantitative estimate of drug-likeness (QED) is 0.490. The topological polar surface area (TPSA) is 99.9 Å². The summed E-state index contributed by atoms with van der Waals surface area (Å²) in [6.07, 6.45) is 8.04. The van der Waals surface area contributed by atoms with Crippen molar-refractivity contribution in [3.63, 3.8) is 0 Å². The molecule has 2 aromatic heterocycles. The highest BCUT2D eigenvalue weighted by Gasteiger charge is 2.38. The molecule has 1 fully saturated rings. The van der Waals surface area contributed by atoms with Gasteiger partial charge in [0.05, 0.1) is 11.2 Å². The van der Waals surface area contributed by atoms with Crippen LogP contribution in [0, 0.1) is 11.3 Å². The van der Waals surface area contributed by atoms with Crippen molar-refractivity contribution in [3.05, 3.63) is 71.3 Å². The second kappa shape index (κ2) is 9.65. The number of nitrogens with zero attached hydrogens (tertiary/aromatic N) is 3. The fraction of sp³-hybridized carbons (Fsp3) is 0.333. The third-order valence-electron chi connectivity index (χ3n) is 5.95. The summed E-state index contributed by atoms with van der Waals surface area (Å²) in [4.78, 5) is 21.2. The third-order valence-corrected chi connectivity index (χ3v) is 6.25. The van der Waals surface area contributed by atoms with Gasteiger partial charge < -0.3 is 15.4 Å². The number of nitrogens with one attached hydrogen (secondary N) is 2. The fourth-order valence-corrected chi connectivity index (χ4v) is 5.14. The lowest BCUT2D eigenvalue weighted by molar-refractivity contribution is 0.0873. The molecule has 1 aromatic carbocycles. The Morgan fingerprint density at radius 1 is 1.09 bits per heavy atom. The van der Waals surface area contributed by atoms with E-state index in [0.29, 0.717) is 22.4 Å². The zero-order chi connectivity index (χ0) is 25.2. The van der Waals surface area contributed by atoms with E-state index in [2.05, 4.69) is 54.4 Å². The van der Waals surface area contributed by atoms with Crippen molar-refractivity contribution in [1.29, 1.82) is 5.26 Å². The summed E-state index contributed by atoms with van der Waals surface area (Å²) in [6.45, 7) is 8.57. The molecular formula is C27H28ClN5O2. The Bertz CT molecular complexity index is 1270. The van der Waals surface area contributed by atoms with Gasteiger partial charge in [0, 0.05) is 46.8 Å². The van der Waals surface area contributed by atoms with Gasteiger partial charge in [0.15, 0.2) is 5.75 Å². The van der Waals surface area contributed by atoms with Crippen LogP contribution in [0.5, 0.6) is 11.5 Å². The van der Waals surface area contributed by atoms with Crippen molar-refractivity contribution in [1.82, 2.24) is 20.6 Å². The minimum absolute atomic E-state index is 0.0450. The zero-order valence-electron chi connectivity index (χ0n) is 20.2. The molecule has 1 aliphatic heterocycles. The number of amides is 1. The molecule has 2 N–H and O–H groups in total. The summed E-state index contributed by atoms with van der Waals surface area (Å²) >= 11 is 6.48. The van der Waals surface area contributed by atoms with E-state index < -0.39 is 0 Å². The maximum Gasteiger partial charge on any atom is 0.251 e. The molecule has 0 radical (unpaired) electrons. The average Bonchev–Trinajstić information content (AvgIpc) is 2.78. The largest absolute Gasteiger partial charge is 0.453 e. The first-order valence-electron chi connectivity index (χ1n) is 11.4. The molecule has 7 nitrogen and oxygen atoms in total. The number of aromatic nitrogens is 2. The lowest BCUT2D eigenvalue weighted by Crippen LogP contribution is -2.62. The van der Waals surface area contributed by atoms with Gasteiger partial charge in [0.1, 0.15) is 17.4 Å². The zero-order valence-corrected chi connectivity index (χ0v) is 21.0. The highest BCUT2D eigenvalue weighted by atomic mass is 35.5. The Morgan fingerprint density at radius 3 is 2.40 bits per heavy atom. The van der Waals surface area contributed by atoms with Gasteiger partial charge in [0.25, 0.3) is 5.91 Å². The monoisotopic (exact) mass is 489 g/mol. The van der Waals surface area contributed by atoms with Crippen LogP contribution in [-0.2, 0) is 0 Å². The number of hydrogen-bond donors (Lipinski definition) is 2. The van der Waals surface area contributed by atoms with E-state index in [1.807, 2.05) is 0 Å².